The summed E-state index contributed by atoms with van der Waals surface area (Å²) in [4.78, 5) is 14.2. The predicted molar refractivity (Wildman–Crippen MR) is 82.9 cm³/mol. The molecule has 1 fully saturated rings. The predicted octanol–water partition coefficient (Wildman–Crippen LogP) is 3.05. The molecular formula is C17H21NO3. The van der Waals surface area contributed by atoms with Gasteiger partial charge in [-0.1, -0.05) is 6.42 Å². The Morgan fingerprint density at radius 1 is 1.33 bits per heavy atom. The van der Waals surface area contributed by atoms with E-state index in [9.17, 15) is 4.79 Å². The molecule has 2 heterocycles. The molecule has 1 aromatic carbocycles. The van der Waals surface area contributed by atoms with Crippen LogP contribution in [0.2, 0.25) is 0 Å². The number of ether oxygens (including phenoxy) is 1. The van der Waals surface area contributed by atoms with Crippen molar-refractivity contribution in [1.82, 2.24) is 4.90 Å². The monoisotopic (exact) mass is 287 g/mol. The molecule has 3 rings (SSSR count). The maximum absolute atomic E-state index is 11.8. The minimum atomic E-state index is -0.0336. The number of benzene rings is 1. The number of nitrogens with zero attached hydrogens (tertiary/aromatic N) is 1. The van der Waals surface area contributed by atoms with E-state index in [1.807, 2.05) is 6.07 Å². The third-order valence-corrected chi connectivity index (χ3v) is 4.27. The standard InChI is InChI=1S/C17H21NO3/c1-18-9-3-2-4-13(18)7-10-20-14-5-6-17-15(12-14)16(19)8-11-21-17/h5-6,8,11-13H,2-4,7,9-10H2,1H3. The summed E-state index contributed by atoms with van der Waals surface area (Å²) in [5.41, 5.74) is 0.565. The van der Waals surface area contributed by atoms with E-state index < -0.39 is 0 Å². The minimum Gasteiger partial charge on any atom is -0.494 e. The Morgan fingerprint density at radius 2 is 2.24 bits per heavy atom. The molecule has 2 aromatic rings. The first-order valence-corrected chi connectivity index (χ1v) is 7.58. The van der Waals surface area contributed by atoms with Crippen LogP contribution in [0, 0.1) is 0 Å². The second-order valence-electron chi connectivity index (χ2n) is 5.71. The first-order valence-electron chi connectivity index (χ1n) is 7.58. The van der Waals surface area contributed by atoms with Crippen molar-refractivity contribution in [2.75, 3.05) is 20.2 Å². The third kappa shape index (κ3) is 3.27. The Kier molecular flexibility index (Phi) is 4.25. The normalized spacial score (nSPS) is 19.8. The molecule has 1 aromatic heterocycles. The quantitative estimate of drug-likeness (QED) is 0.867. The van der Waals surface area contributed by atoms with Gasteiger partial charge in [0, 0.05) is 12.1 Å². The maximum atomic E-state index is 11.8. The summed E-state index contributed by atoms with van der Waals surface area (Å²) in [5, 5.41) is 0.574. The highest BCUT2D eigenvalue weighted by molar-refractivity contribution is 5.77. The molecular weight excluding hydrogens is 266 g/mol. The molecule has 1 unspecified atom stereocenters. The highest BCUT2D eigenvalue weighted by atomic mass is 16.5. The summed E-state index contributed by atoms with van der Waals surface area (Å²) in [7, 11) is 2.19. The second kappa shape index (κ2) is 6.31. The van der Waals surface area contributed by atoms with Gasteiger partial charge in [0.1, 0.15) is 11.3 Å². The molecule has 0 bridgehead atoms. The van der Waals surface area contributed by atoms with Crippen molar-refractivity contribution in [3.8, 4) is 5.75 Å². The number of rotatable bonds is 4. The van der Waals surface area contributed by atoms with Crippen molar-refractivity contribution >= 4 is 11.0 Å². The van der Waals surface area contributed by atoms with Crippen LogP contribution in [0.5, 0.6) is 5.75 Å². The smallest absolute Gasteiger partial charge is 0.192 e. The number of hydrogen-bond acceptors (Lipinski definition) is 4. The Balaban J connectivity index is 1.63. The first-order chi connectivity index (χ1) is 10.2. The molecule has 0 N–H and O–H groups in total. The summed E-state index contributed by atoms with van der Waals surface area (Å²) < 4.78 is 11.1. The van der Waals surface area contributed by atoms with E-state index >= 15 is 0 Å². The molecule has 21 heavy (non-hydrogen) atoms. The fourth-order valence-corrected chi connectivity index (χ4v) is 2.97. The van der Waals surface area contributed by atoms with Gasteiger partial charge in [-0.3, -0.25) is 4.79 Å². The zero-order valence-electron chi connectivity index (χ0n) is 12.4. The van der Waals surface area contributed by atoms with Crippen molar-refractivity contribution in [1.29, 1.82) is 0 Å². The third-order valence-electron chi connectivity index (χ3n) is 4.27. The second-order valence-corrected chi connectivity index (χ2v) is 5.71. The van der Waals surface area contributed by atoms with E-state index in [1.54, 1.807) is 12.1 Å². The zero-order chi connectivity index (χ0) is 14.7. The topological polar surface area (TPSA) is 42.7 Å². The van der Waals surface area contributed by atoms with Crippen molar-refractivity contribution in [2.24, 2.45) is 0 Å². The van der Waals surface area contributed by atoms with Crippen LogP contribution in [-0.2, 0) is 0 Å². The Bertz CT molecular complexity index is 664. The molecule has 1 saturated heterocycles. The molecule has 0 aliphatic carbocycles. The van der Waals surface area contributed by atoms with Gasteiger partial charge in [0.25, 0.3) is 0 Å². The van der Waals surface area contributed by atoms with Gasteiger partial charge in [-0.2, -0.15) is 0 Å². The summed E-state index contributed by atoms with van der Waals surface area (Å²) in [6.45, 7) is 1.86. The van der Waals surface area contributed by atoms with E-state index in [4.69, 9.17) is 9.15 Å². The average molecular weight is 287 g/mol. The van der Waals surface area contributed by atoms with Gasteiger partial charge in [-0.25, -0.2) is 0 Å². The van der Waals surface area contributed by atoms with Crippen LogP contribution in [0.4, 0.5) is 0 Å². The largest absolute Gasteiger partial charge is 0.494 e. The van der Waals surface area contributed by atoms with Gasteiger partial charge < -0.3 is 14.1 Å². The molecule has 4 heteroatoms. The highest BCUT2D eigenvalue weighted by Crippen LogP contribution is 2.20. The van der Waals surface area contributed by atoms with E-state index in [-0.39, 0.29) is 5.43 Å². The fraction of sp³-hybridized carbons (Fsp3) is 0.471. The van der Waals surface area contributed by atoms with Gasteiger partial charge in [-0.15, -0.1) is 0 Å². The van der Waals surface area contributed by atoms with Crippen LogP contribution in [0.3, 0.4) is 0 Å². The minimum absolute atomic E-state index is 0.0336. The average Bonchev–Trinajstić information content (AvgIpc) is 2.50. The lowest BCUT2D eigenvalue weighted by Crippen LogP contribution is -2.37. The van der Waals surface area contributed by atoms with Crippen LogP contribution < -0.4 is 10.2 Å². The number of piperidine rings is 1. The SMILES string of the molecule is CN1CCCCC1CCOc1ccc2occc(=O)c2c1. The molecule has 112 valence electrons. The maximum Gasteiger partial charge on any atom is 0.192 e. The summed E-state index contributed by atoms with van der Waals surface area (Å²) in [5.74, 6) is 0.736. The number of hydrogen-bond donors (Lipinski definition) is 0. The van der Waals surface area contributed by atoms with Gasteiger partial charge in [0.2, 0.25) is 0 Å². The molecule has 1 aliphatic rings. The van der Waals surface area contributed by atoms with E-state index in [2.05, 4.69) is 11.9 Å². The van der Waals surface area contributed by atoms with Crippen molar-refractivity contribution in [3.05, 3.63) is 40.8 Å². The van der Waals surface area contributed by atoms with E-state index in [0.717, 1.165) is 12.2 Å². The van der Waals surface area contributed by atoms with Crippen LogP contribution in [-0.4, -0.2) is 31.1 Å². The van der Waals surface area contributed by atoms with E-state index in [1.165, 1.54) is 38.1 Å². The van der Waals surface area contributed by atoms with Crippen molar-refractivity contribution < 1.29 is 9.15 Å². The van der Waals surface area contributed by atoms with Crippen molar-refractivity contribution in [2.45, 2.75) is 31.7 Å². The molecule has 0 radical (unpaired) electrons. The van der Waals surface area contributed by atoms with E-state index in [0.29, 0.717) is 23.6 Å². The zero-order valence-corrected chi connectivity index (χ0v) is 12.4. The lowest BCUT2D eigenvalue weighted by Gasteiger charge is -2.32. The van der Waals surface area contributed by atoms with Gasteiger partial charge in [0.05, 0.1) is 18.3 Å². The summed E-state index contributed by atoms with van der Waals surface area (Å²) in [6.07, 6.45) is 6.31. The highest BCUT2D eigenvalue weighted by Gasteiger charge is 2.18. The van der Waals surface area contributed by atoms with Crippen LogP contribution in [0.15, 0.2) is 39.7 Å². The fourth-order valence-electron chi connectivity index (χ4n) is 2.97. The molecule has 4 nitrogen and oxygen atoms in total. The van der Waals surface area contributed by atoms with Gasteiger partial charge in [-0.05, 0) is 51.1 Å². The first kappa shape index (κ1) is 14.1. The molecule has 1 aliphatic heterocycles. The Morgan fingerprint density at radius 3 is 3.10 bits per heavy atom. The summed E-state index contributed by atoms with van der Waals surface area (Å²) in [6, 6.07) is 7.47. The molecule has 0 amide bonds. The van der Waals surface area contributed by atoms with Gasteiger partial charge >= 0.3 is 0 Å². The van der Waals surface area contributed by atoms with Crippen molar-refractivity contribution in [3.63, 3.8) is 0 Å². The lowest BCUT2D eigenvalue weighted by atomic mass is 10.0. The van der Waals surface area contributed by atoms with Crippen LogP contribution in [0.25, 0.3) is 11.0 Å². The molecule has 0 saturated carbocycles. The van der Waals surface area contributed by atoms with Crippen LogP contribution >= 0.6 is 0 Å². The Labute approximate surface area is 124 Å². The summed E-state index contributed by atoms with van der Waals surface area (Å²) >= 11 is 0. The number of fused-ring (bicyclic) bond motifs is 1. The number of likely N-dealkylation sites (tertiary alicyclic amines) is 1. The van der Waals surface area contributed by atoms with Gasteiger partial charge in [0.15, 0.2) is 5.43 Å². The van der Waals surface area contributed by atoms with Crippen LogP contribution in [0.1, 0.15) is 25.7 Å². The molecule has 1 atom stereocenters. The molecule has 0 spiro atoms. The lowest BCUT2D eigenvalue weighted by molar-refractivity contribution is 0.153. The Hall–Kier alpha value is -1.81.